The molecule has 3 N–H and O–H groups in total. The summed E-state index contributed by atoms with van der Waals surface area (Å²) in [5.74, 6) is -2.17. The lowest BCUT2D eigenvalue weighted by Crippen LogP contribution is -2.36. The van der Waals surface area contributed by atoms with Gasteiger partial charge >= 0.3 is 11.8 Å². The van der Waals surface area contributed by atoms with Crippen LogP contribution in [-0.2, 0) is 15.0 Å². The number of halogens is 1. The summed E-state index contributed by atoms with van der Waals surface area (Å²) in [6.07, 6.45) is 0. The quantitative estimate of drug-likeness (QED) is 0.256. The Kier molecular flexibility index (Phi) is 7.23. The van der Waals surface area contributed by atoms with Gasteiger partial charge in [-0.3, -0.25) is 19.8 Å². The number of benzene rings is 3. The van der Waals surface area contributed by atoms with Crippen LogP contribution in [0, 0.1) is 13.8 Å². The van der Waals surface area contributed by atoms with Gasteiger partial charge in [-0.15, -0.1) is 0 Å². The monoisotopic (exact) mass is 560 g/mol. The number of hydrogen-bond donors (Lipinski definition) is 3. The highest BCUT2D eigenvalue weighted by Crippen LogP contribution is 2.25. The Morgan fingerprint density at radius 2 is 1.41 bits per heavy atom. The van der Waals surface area contributed by atoms with Crippen LogP contribution in [0.2, 0.25) is 0 Å². The van der Waals surface area contributed by atoms with E-state index in [2.05, 4.69) is 52.8 Å². The summed E-state index contributed by atoms with van der Waals surface area (Å²) in [5, 5.41) is 6.23. The number of nitrogens with one attached hydrogen (secondary N) is 3. The van der Waals surface area contributed by atoms with Crippen LogP contribution in [0.3, 0.4) is 0 Å². The molecule has 0 bridgehead atoms. The normalized spacial score (nSPS) is 11.3. The number of aryl methyl sites for hydroxylation is 2. The van der Waals surface area contributed by atoms with Gasteiger partial charge in [-0.05, 0) is 84.5 Å². The number of nitrogens with zero attached hydrogens (tertiary/aromatic N) is 1. The summed E-state index contributed by atoms with van der Waals surface area (Å²) in [6, 6.07) is 20.2. The lowest BCUT2D eigenvalue weighted by atomic mass is 9.87. The van der Waals surface area contributed by atoms with Gasteiger partial charge < -0.3 is 10.6 Å². The highest BCUT2D eigenvalue weighted by atomic mass is 79.9. The molecule has 1 aromatic heterocycles. The second kappa shape index (κ2) is 10.2. The third-order valence-corrected chi connectivity index (χ3v) is 6.40. The van der Waals surface area contributed by atoms with Crippen molar-refractivity contribution in [1.82, 2.24) is 4.68 Å². The fourth-order valence-electron chi connectivity index (χ4n) is 4.11. The topological polar surface area (TPSA) is 92.2 Å². The largest absolute Gasteiger partial charge is 0.328 e. The highest BCUT2D eigenvalue weighted by molar-refractivity contribution is 9.10. The van der Waals surface area contributed by atoms with E-state index < -0.39 is 17.7 Å². The van der Waals surface area contributed by atoms with Crippen molar-refractivity contribution >= 4 is 55.9 Å². The second-order valence-electron chi connectivity index (χ2n) is 10.1. The number of aromatic nitrogens is 1. The van der Waals surface area contributed by atoms with Gasteiger partial charge in [0.05, 0.1) is 5.52 Å². The average Bonchev–Trinajstić information content (AvgIpc) is 3.15. The third kappa shape index (κ3) is 6.09. The molecule has 0 saturated carbocycles. The summed E-state index contributed by atoms with van der Waals surface area (Å²) in [4.78, 5) is 38.9. The molecule has 0 atom stereocenters. The zero-order valence-corrected chi connectivity index (χ0v) is 23.0. The maximum Gasteiger partial charge on any atom is 0.328 e. The molecule has 3 aromatic carbocycles. The molecular weight excluding hydrogens is 532 g/mol. The molecule has 0 saturated heterocycles. The summed E-state index contributed by atoms with van der Waals surface area (Å²) >= 11 is 3.44. The molecule has 8 heteroatoms. The molecule has 3 amide bonds. The minimum Gasteiger partial charge on any atom is -0.321 e. The summed E-state index contributed by atoms with van der Waals surface area (Å²) in [7, 11) is 0. The van der Waals surface area contributed by atoms with E-state index in [0.29, 0.717) is 16.9 Å². The van der Waals surface area contributed by atoms with Crippen LogP contribution in [0.25, 0.3) is 10.9 Å². The van der Waals surface area contributed by atoms with E-state index in [9.17, 15) is 14.4 Å². The molecule has 0 fully saturated rings. The number of fused-ring (bicyclic) bond motifs is 1. The summed E-state index contributed by atoms with van der Waals surface area (Å²) in [5.41, 5.74) is 7.60. The molecule has 1 heterocycles. The van der Waals surface area contributed by atoms with Crippen molar-refractivity contribution < 1.29 is 14.4 Å². The summed E-state index contributed by atoms with van der Waals surface area (Å²) < 4.78 is 2.16. The molecule has 0 spiro atoms. The highest BCUT2D eigenvalue weighted by Gasteiger charge is 2.22. The fraction of sp³-hybridized carbons (Fsp3) is 0.207. The van der Waals surface area contributed by atoms with Crippen molar-refractivity contribution in [3.8, 4) is 0 Å². The maximum atomic E-state index is 13.3. The van der Waals surface area contributed by atoms with Gasteiger partial charge in [0.15, 0.2) is 0 Å². The van der Waals surface area contributed by atoms with Crippen LogP contribution < -0.4 is 16.1 Å². The lowest BCUT2D eigenvalue weighted by molar-refractivity contribution is -0.133. The standard InChI is InChI=1S/C29H29BrN4O3/c1-17-12-18(2)14-23(13-17)32-26(35)25-16-19-15-21(30)8-11-24(19)34(25)33-28(37)27(36)31-22-9-6-20(7-10-22)29(3,4)5/h6-16H,1-5H3,(H,31,36)(H,32,35)(H,33,37). The van der Waals surface area contributed by atoms with Gasteiger partial charge in [-0.2, -0.15) is 0 Å². The van der Waals surface area contributed by atoms with Gasteiger partial charge in [0.1, 0.15) is 5.69 Å². The van der Waals surface area contributed by atoms with E-state index in [1.807, 2.05) is 50.2 Å². The zero-order valence-electron chi connectivity index (χ0n) is 21.4. The first kappa shape index (κ1) is 26.2. The second-order valence-corrected chi connectivity index (χ2v) is 11.0. The molecule has 0 radical (unpaired) electrons. The van der Waals surface area contributed by atoms with Crippen molar-refractivity contribution in [1.29, 1.82) is 0 Å². The van der Waals surface area contributed by atoms with E-state index in [0.717, 1.165) is 26.5 Å². The Bertz CT molecular complexity index is 1490. The van der Waals surface area contributed by atoms with Crippen LogP contribution in [0.15, 0.2) is 71.2 Å². The van der Waals surface area contributed by atoms with Crippen LogP contribution in [0.1, 0.15) is 48.0 Å². The minimum atomic E-state index is -0.902. The summed E-state index contributed by atoms with van der Waals surface area (Å²) in [6.45, 7) is 10.2. The van der Waals surface area contributed by atoms with Crippen LogP contribution >= 0.6 is 15.9 Å². The molecule has 37 heavy (non-hydrogen) atoms. The average molecular weight is 561 g/mol. The van der Waals surface area contributed by atoms with Crippen LogP contribution in [-0.4, -0.2) is 22.4 Å². The minimum absolute atomic E-state index is 0.0293. The molecular formula is C29H29BrN4O3. The van der Waals surface area contributed by atoms with E-state index in [-0.39, 0.29) is 11.1 Å². The van der Waals surface area contributed by atoms with Crippen LogP contribution in [0.5, 0.6) is 0 Å². The molecule has 4 rings (SSSR count). The van der Waals surface area contributed by atoms with Gasteiger partial charge in [-0.25, -0.2) is 4.68 Å². The molecule has 0 aliphatic carbocycles. The lowest BCUT2D eigenvalue weighted by Gasteiger charge is -2.19. The number of carbonyl (C=O) groups is 3. The van der Waals surface area contributed by atoms with Gasteiger partial charge in [0.2, 0.25) is 0 Å². The SMILES string of the molecule is Cc1cc(C)cc(NC(=O)c2cc3cc(Br)ccc3n2NC(=O)C(=O)Nc2ccc(C(C)(C)C)cc2)c1. The number of carbonyl (C=O) groups excluding carboxylic acids is 3. The number of rotatable bonds is 4. The van der Waals surface area contributed by atoms with Crippen LogP contribution in [0.4, 0.5) is 11.4 Å². The third-order valence-electron chi connectivity index (χ3n) is 5.90. The van der Waals surface area contributed by atoms with Gasteiger partial charge in [0, 0.05) is 21.2 Å². The van der Waals surface area contributed by atoms with Crippen molar-refractivity contribution in [3.05, 3.63) is 93.6 Å². The molecule has 0 unspecified atom stereocenters. The maximum absolute atomic E-state index is 13.3. The fourth-order valence-corrected chi connectivity index (χ4v) is 4.49. The van der Waals surface area contributed by atoms with Gasteiger partial charge in [0.25, 0.3) is 5.91 Å². The van der Waals surface area contributed by atoms with E-state index in [1.165, 1.54) is 4.68 Å². The van der Waals surface area contributed by atoms with Crippen molar-refractivity contribution in [2.75, 3.05) is 16.1 Å². The van der Waals surface area contributed by atoms with Crippen molar-refractivity contribution in [3.63, 3.8) is 0 Å². The van der Waals surface area contributed by atoms with Crippen molar-refractivity contribution in [2.24, 2.45) is 0 Å². The molecule has 190 valence electrons. The molecule has 0 aliphatic heterocycles. The van der Waals surface area contributed by atoms with E-state index >= 15 is 0 Å². The first-order valence-corrected chi connectivity index (χ1v) is 12.6. The molecule has 4 aromatic rings. The number of anilines is 2. The van der Waals surface area contributed by atoms with Gasteiger partial charge in [-0.1, -0.05) is 54.9 Å². The molecule has 7 nitrogen and oxygen atoms in total. The number of amides is 3. The zero-order chi connectivity index (χ0) is 26.9. The predicted molar refractivity (Wildman–Crippen MR) is 152 cm³/mol. The Balaban J connectivity index is 1.59. The Labute approximate surface area is 224 Å². The first-order valence-electron chi connectivity index (χ1n) is 11.8. The molecule has 0 aliphatic rings. The smallest absolute Gasteiger partial charge is 0.321 e. The van der Waals surface area contributed by atoms with E-state index in [4.69, 9.17) is 0 Å². The number of hydrogen-bond acceptors (Lipinski definition) is 3. The Morgan fingerprint density at radius 3 is 2.03 bits per heavy atom. The Morgan fingerprint density at radius 1 is 0.757 bits per heavy atom. The predicted octanol–water partition coefficient (Wildman–Crippen LogP) is 6.28. The Hall–Kier alpha value is -3.91. The van der Waals surface area contributed by atoms with Crippen molar-refractivity contribution in [2.45, 2.75) is 40.0 Å². The van der Waals surface area contributed by atoms with E-state index in [1.54, 1.807) is 30.3 Å². The first-order chi connectivity index (χ1) is 17.4.